The Morgan fingerprint density at radius 1 is 1.24 bits per heavy atom. The molecule has 0 radical (unpaired) electrons. The fraction of sp³-hybridized carbons (Fsp3) is 0.235. The van der Waals surface area contributed by atoms with Crippen LogP contribution in [0.15, 0.2) is 42.5 Å². The summed E-state index contributed by atoms with van der Waals surface area (Å²) in [5.41, 5.74) is 4.22. The molecule has 4 heteroatoms. The molecule has 1 aliphatic rings. The van der Waals surface area contributed by atoms with E-state index in [9.17, 15) is 4.79 Å². The zero-order chi connectivity index (χ0) is 14.8. The molecule has 3 rings (SSSR count). The van der Waals surface area contributed by atoms with Crippen LogP contribution in [0.1, 0.15) is 16.7 Å². The van der Waals surface area contributed by atoms with Crippen molar-refractivity contribution in [2.45, 2.75) is 25.9 Å². The minimum atomic E-state index is -0.225. The maximum Gasteiger partial charge on any atom is 0.241 e. The molecule has 2 N–H and O–H groups in total. The van der Waals surface area contributed by atoms with Gasteiger partial charge < -0.3 is 10.6 Å². The second-order valence-corrected chi connectivity index (χ2v) is 5.79. The minimum absolute atomic E-state index is 0.0444. The molecule has 0 saturated carbocycles. The molecule has 0 bridgehead atoms. The summed E-state index contributed by atoms with van der Waals surface area (Å²) in [6, 6.07) is 13.6. The van der Waals surface area contributed by atoms with Crippen molar-refractivity contribution in [1.82, 2.24) is 5.32 Å². The molecule has 1 aliphatic heterocycles. The third kappa shape index (κ3) is 3.09. The number of nitrogens with one attached hydrogen (secondary N) is 2. The molecule has 0 saturated heterocycles. The fourth-order valence-corrected chi connectivity index (χ4v) is 2.76. The molecule has 2 aromatic carbocycles. The van der Waals surface area contributed by atoms with Crippen LogP contribution in [0, 0.1) is 6.92 Å². The minimum Gasteiger partial charge on any atom is -0.323 e. The first-order valence-electron chi connectivity index (χ1n) is 7.00. The number of carbonyl (C=O) groups is 1. The van der Waals surface area contributed by atoms with Gasteiger partial charge in [0.25, 0.3) is 0 Å². The van der Waals surface area contributed by atoms with Gasteiger partial charge in [-0.05, 0) is 42.2 Å². The van der Waals surface area contributed by atoms with Gasteiger partial charge in [0, 0.05) is 6.54 Å². The molecular weight excluding hydrogens is 284 g/mol. The van der Waals surface area contributed by atoms with Crippen LogP contribution in [0.5, 0.6) is 0 Å². The second-order valence-electron chi connectivity index (χ2n) is 5.38. The van der Waals surface area contributed by atoms with Gasteiger partial charge in [-0.25, -0.2) is 0 Å². The SMILES string of the molecule is Cc1ccc(Cl)c(NC(=O)[C@H]2Cc3ccccc3CN2)c1. The van der Waals surface area contributed by atoms with Crippen molar-refractivity contribution in [3.05, 3.63) is 64.2 Å². The number of hydrogen-bond acceptors (Lipinski definition) is 2. The zero-order valence-electron chi connectivity index (χ0n) is 11.8. The summed E-state index contributed by atoms with van der Waals surface area (Å²) >= 11 is 6.13. The summed E-state index contributed by atoms with van der Waals surface area (Å²) in [4.78, 5) is 12.4. The van der Waals surface area contributed by atoms with Gasteiger partial charge in [0.2, 0.25) is 5.91 Å². The number of fused-ring (bicyclic) bond motifs is 1. The van der Waals surface area contributed by atoms with Crippen LogP contribution in [0.2, 0.25) is 5.02 Å². The smallest absolute Gasteiger partial charge is 0.241 e. The number of halogens is 1. The number of carbonyl (C=O) groups excluding carboxylic acids is 1. The fourth-order valence-electron chi connectivity index (χ4n) is 2.59. The van der Waals surface area contributed by atoms with Gasteiger partial charge in [0.1, 0.15) is 0 Å². The van der Waals surface area contributed by atoms with Crippen molar-refractivity contribution in [2.75, 3.05) is 5.32 Å². The van der Waals surface area contributed by atoms with Crippen LogP contribution >= 0.6 is 11.6 Å². The largest absolute Gasteiger partial charge is 0.323 e. The topological polar surface area (TPSA) is 41.1 Å². The van der Waals surface area contributed by atoms with Crippen molar-refractivity contribution in [2.24, 2.45) is 0 Å². The maximum atomic E-state index is 12.4. The third-order valence-electron chi connectivity index (χ3n) is 3.78. The molecule has 3 nitrogen and oxygen atoms in total. The van der Waals surface area contributed by atoms with Gasteiger partial charge in [0.15, 0.2) is 0 Å². The van der Waals surface area contributed by atoms with E-state index in [-0.39, 0.29) is 11.9 Å². The van der Waals surface area contributed by atoms with E-state index in [4.69, 9.17) is 11.6 Å². The average molecular weight is 301 g/mol. The van der Waals surface area contributed by atoms with E-state index in [1.165, 1.54) is 11.1 Å². The summed E-state index contributed by atoms with van der Waals surface area (Å²) in [7, 11) is 0. The number of hydrogen-bond donors (Lipinski definition) is 2. The van der Waals surface area contributed by atoms with E-state index in [0.717, 1.165) is 12.1 Å². The standard InChI is InChI=1S/C17H17ClN2O/c1-11-6-7-14(18)15(8-11)20-17(21)16-9-12-4-2-3-5-13(12)10-19-16/h2-8,16,19H,9-10H2,1H3,(H,20,21)/t16-/m1/s1. The normalized spacial score (nSPS) is 17.1. The molecule has 0 fully saturated rings. The average Bonchev–Trinajstić information content (AvgIpc) is 2.50. The van der Waals surface area contributed by atoms with Gasteiger partial charge in [0.05, 0.1) is 16.8 Å². The third-order valence-corrected chi connectivity index (χ3v) is 4.11. The van der Waals surface area contributed by atoms with Crippen LogP contribution in [0.4, 0.5) is 5.69 Å². The first-order valence-corrected chi connectivity index (χ1v) is 7.38. The van der Waals surface area contributed by atoms with E-state index < -0.39 is 0 Å². The lowest BCUT2D eigenvalue weighted by molar-refractivity contribution is -0.118. The van der Waals surface area contributed by atoms with Gasteiger partial charge in [-0.15, -0.1) is 0 Å². The Hall–Kier alpha value is -1.84. The Bertz CT molecular complexity index is 684. The van der Waals surface area contributed by atoms with E-state index >= 15 is 0 Å². The molecule has 1 amide bonds. The van der Waals surface area contributed by atoms with Gasteiger partial charge in [-0.1, -0.05) is 41.9 Å². The first-order chi connectivity index (χ1) is 10.1. The molecule has 21 heavy (non-hydrogen) atoms. The van der Waals surface area contributed by atoms with Gasteiger partial charge >= 0.3 is 0 Å². The summed E-state index contributed by atoms with van der Waals surface area (Å²) < 4.78 is 0. The predicted molar refractivity (Wildman–Crippen MR) is 85.6 cm³/mol. The molecule has 2 aromatic rings. The summed E-state index contributed by atoms with van der Waals surface area (Å²) in [6.45, 7) is 2.69. The molecule has 108 valence electrons. The van der Waals surface area contributed by atoms with E-state index in [0.29, 0.717) is 17.1 Å². The van der Waals surface area contributed by atoms with Crippen LogP contribution in [-0.4, -0.2) is 11.9 Å². The van der Waals surface area contributed by atoms with Crippen molar-refractivity contribution >= 4 is 23.2 Å². The van der Waals surface area contributed by atoms with Crippen molar-refractivity contribution in [3.63, 3.8) is 0 Å². The Morgan fingerprint density at radius 2 is 2.00 bits per heavy atom. The quantitative estimate of drug-likeness (QED) is 0.893. The highest BCUT2D eigenvalue weighted by molar-refractivity contribution is 6.33. The second kappa shape index (κ2) is 5.88. The molecular formula is C17H17ClN2O. The number of benzene rings is 2. The molecule has 1 atom stereocenters. The molecule has 0 unspecified atom stereocenters. The van der Waals surface area contributed by atoms with Crippen LogP contribution in [0.3, 0.4) is 0 Å². The Balaban J connectivity index is 1.74. The summed E-state index contributed by atoms with van der Waals surface area (Å²) in [5.74, 6) is -0.0444. The van der Waals surface area contributed by atoms with Crippen LogP contribution in [-0.2, 0) is 17.8 Å². The van der Waals surface area contributed by atoms with Crippen LogP contribution in [0.25, 0.3) is 0 Å². The van der Waals surface area contributed by atoms with Crippen LogP contribution < -0.4 is 10.6 Å². The van der Waals surface area contributed by atoms with E-state index in [2.05, 4.69) is 22.8 Å². The maximum absolute atomic E-state index is 12.4. The Kier molecular flexibility index (Phi) is 3.95. The number of amides is 1. The monoisotopic (exact) mass is 300 g/mol. The highest BCUT2D eigenvalue weighted by Crippen LogP contribution is 2.24. The highest BCUT2D eigenvalue weighted by Gasteiger charge is 2.24. The summed E-state index contributed by atoms with van der Waals surface area (Å²) in [5, 5.41) is 6.75. The molecule has 0 aromatic heterocycles. The Morgan fingerprint density at radius 3 is 2.81 bits per heavy atom. The van der Waals surface area contributed by atoms with Crippen molar-refractivity contribution < 1.29 is 4.79 Å². The van der Waals surface area contributed by atoms with Crippen molar-refractivity contribution in [3.8, 4) is 0 Å². The highest BCUT2D eigenvalue weighted by atomic mass is 35.5. The first kappa shape index (κ1) is 14.1. The zero-order valence-corrected chi connectivity index (χ0v) is 12.6. The van der Waals surface area contributed by atoms with E-state index in [1.54, 1.807) is 6.07 Å². The summed E-state index contributed by atoms with van der Waals surface area (Å²) in [6.07, 6.45) is 0.700. The van der Waals surface area contributed by atoms with Gasteiger partial charge in [-0.3, -0.25) is 4.79 Å². The molecule has 1 heterocycles. The van der Waals surface area contributed by atoms with Gasteiger partial charge in [-0.2, -0.15) is 0 Å². The molecule has 0 aliphatic carbocycles. The van der Waals surface area contributed by atoms with Crippen molar-refractivity contribution in [1.29, 1.82) is 0 Å². The lowest BCUT2D eigenvalue weighted by atomic mass is 9.95. The lowest BCUT2D eigenvalue weighted by Crippen LogP contribution is -2.44. The lowest BCUT2D eigenvalue weighted by Gasteiger charge is -2.25. The number of anilines is 1. The number of rotatable bonds is 2. The number of aryl methyl sites for hydroxylation is 1. The predicted octanol–water partition coefficient (Wildman–Crippen LogP) is 3.30. The molecule has 0 spiro atoms. The van der Waals surface area contributed by atoms with E-state index in [1.807, 2.05) is 31.2 Å². The Labute approximate surface area is 129 Å².